The molecule has 0 unspecified atom stereocenters. The van der Waals surface area contributed by atoms with Crippen molar-refractivity contribution in [2.75, 3.05) is 66.1 Å². The molecule has 0 aromatic carbocycles. The van der Waals surface area contributed by atoms with Crippen LogP contribution in [0.1, 0.15) is 67.2 Å². The van der Waals surface area contributed by atoms with Gasteiger partial charge in [-0.2, -0.15) is 0 Å². The topological polar surface area (TPSA) is 46.2 Å². The van der Waals surface area contributed by atoms with E-state index in [1.165, 1.54) is 0 Å². The minimum absolute atomic E-state index is 0.240. The highest BCUT2D eigenvalue weighted by Gasteiger charge is 2.10. The van der Waals surface area contributed by atoms with E-state index in [9.17, 15) is 0 Å². The van der Waals surface area contributed by atoms with Crippen LogP contribution in [0.15, 0.2) is 0 Å². The molecule has 0 heterocycles. The molecule has 0 aliphatic carbocycles. The first-order valence-electron chi connectivity index (χ1n) is 10.6. The van der Waals surface area contributed by atoms with Gasteiger partial charge >= 0.3 is 0 Å². The molecular formula is C22H46O5. The van der Waals surface area contributed by atoms with Crippen LogP contribution >= 0.6 is 0 Å². The predicted octanol–water partition coefficient (Wildman–Crippen LogP) is 4.72. The van der Waals surface area contributed by atoms with Gasteiger partial charge in [0.2, 0.25) is 0 Å². The van der Waals surface area contributed by atoms with E-state index in [4.69, 9.17) is 23.7 Å². The lowest BCUT2D eigenvalue weighted by Gasteiger charge is -2.17. The molecule has 0 aromatic heterocycles. The Kier molecular flexibility index (Phi) is 16.6. The maximum Gasteiger partial charge on any atom is 0.0514 e. The van der Waals surface area contributed by atoms with E-state index in [1.807, 2.05) is 0 Å². The maximum absolute atomic E-state index is 5.61. The van der Waals surface area contributed by atoms with Crippen molar-refractivity contribution in [3.63, 3.8) is 0 Å². The lowest BCUT2D eigenvalue weighted by atomic mass is 9.99. The molecule has 0 bridgehead atoms. The zero-order valence-electron chi connectivity index (χ0n) is 18.9. The van der Waals surface area contributed by atoms with Crippen LogP contribution < -0.4 is 0 Å². The standard InChI is InChI=1S/C22H46O5/c1-21(2,3)19-26-17-9-15-24-13-7-11-23-12-8-14-25-16-10-18-27-20-22(4,5)6/h7-20H2,1-6H3. The Morgan fingerprint density at radius 1 is 0.370 bits per heavy atom. The highest BCUT2D eigenvalue weighted by molar-refractivity contribution is 4.59. The summed E-state index contributed by atoms with van der Waals surface area (Å²) in [5.41, 5.74) is 0.480. The van der Waals surface area contributed by atoms with Crippen LogP contribution in [-0.4, -0.2) is 66.1 Å². The molecule has 0 rings (SSSR count). The molecule has 5 nitrogen and oxygen atoms in total. The van der Waals surface area contributed by atoms with Crippen LogP contribution in [0.3, 0.4) is 0 Å². The lowest BCUT2D eigenvalue weighted by Crippen LogP contribution is -2.15. The SMILES string of the molecule is CC(C)(C)COCCCOCCCOCCCOCCCOCC(C)(C)C. The molecule has 0 aliphatic heterocycles. The summed E-state index contributed by atoms with van der Waals surface area (Å²) in [6.07, 6.45) is 3.79. The number of hydrogen-bond donors (Lipinski definition) is 0. The van der Waals surface area contributed by atoms with Gasteiger partial charge in [0.05, 0.1) is 13.2 Å². The molecule has 0 fully saturated rings. The van der Waals surface area contributed by atoms with Crippen molar-refractivity contribution in [3.8, 4) is 0 Å². The van der Waals surface area contributed by atoms with E-state index in [2.05, 4.69) is 41.5 Å². The second-order valence-corrected chi connectivity index (χ2v) is 9.48. The Bertz CT molecular complexity index is 277. The normalized spacial score (nSPS) is 12.7. The van der Waals surface area contributed by atoms with Crippen molar-refractivity contribution < 1.29 is 23.7 Å². The third-order valence-corrected chi connectivity index (χ3v) is 3.38. The Hall–Kier alpha value is -0.200. The van der Waals surface area contributed by atoms with E-state index < -0.39 is 0 Å². The molecule has 0 atom stereocenters. The van der Waals surface area contributed by atoms with Gasteiger partial charge in [0.1, 0.15) is 0 Å². The quantitative estimate of drug-likeness (QED) is 0.317. The molecule has 0 N–H and O–H groups in total. The van der Waals surface area contributed by atoms with Crippen LogP contribution in [-0.2, 0) is 23.7 Å². The lowest BCUT2D eigenvalue weighted by molar-refractivity contribution is 0.0345. The smallest absolute Gasteiger partial charge is 0.0514 e. The second-order valence-electron chi connectivity index (χ2n) is 9.48. The first-order chi connectivity index (χ1) is 12.7. The van der Waals surface area contributed by atoms with Crippen LogP contribution in [0.2, 0.25) is 0 Å². The fraction of sp³-hybridized carbons (Fsp3) is 1.00. The average molecular weight is 391 g/mol. The molecule has 5 heteroatoms. The van der Waals surface area contributed by atoms with Crippen molar-refractivity contribution in [1.29, 1.82) is 0 Å². The zero-order chi connectivity index (χ0) is 20.4. The third kappa shape index (κ3) is 25.8. The molecular weight excluding hydrogens is 344 g/mol. The summed E-state index contributed by atoms with van der Waals surface area (Å²) in [5.74, 6) is 0. The second kappa shape index (κ2) is 16.7. The van der Waals surface area contributed by atoms with Gasteiger partial charge in [0.15, 0.2) is 0 Å². The van der Waals surface area contributed by atoms with Crippen molar-refractivity contribution in [2.45, 2.75) is 67.2 Å². The van der Waals surface area contributed by atoms with Crippen molar-refractivity contribution >= 4 is 0 Å². The van der Waals surface area contributed by atoms with E-state index in [-0.39, 0.29) is 10.8 Å². The number of rotatable bonds is 18. The van der Waals surface area contributed by atoms with Gasteiger partial charge in [-0.25, -0.2) is 0 Å². The first-order valence-corrected chi connectivity index (χ1v) is 10.6. The Morgan fingerprint density at radius 2 is 0.593 bits per heavy atom. The first kappa shape index (κ1) is 26.8. The van der Waals surface area contributed by atoms with Gasteiger partial charge in [-0.3, -0.25) is 0 Å². The fourth-order valence-electron chi connectivity index (χ4n) is 2.12. The molecule has 0 aliphatic rings. The molecule has 0 saturated heterocycles. The van der Waals surface area contributed by atoms with Crippen molar-refractivity contribution in [1.82, 2.24) is 0 Å². The van der Waals surface area contributed by atoms with Crippen LogP contribution in [0.25, 0.3) is 0 Å². The Balaban J connectivity index is 3.07. The molecule has 27 heavy (non-hydrogen) atoms. The van der Waals surface area contributed by atoms with Gasteiger partial charge in [-0.1, -0.05) is 41.5 Å². The van der Waals surface area contributed by atoms with E-state index in [0.29, 0.717) is 0 Å². The van der Waals surface area contributed by atoms with Gasteiger partial charge < -0.3 is 23.7 Å². The highest BCUT2D eigenvalue weighted by Crippen LogP contribution is 2.13. The molecule has 0 amide bonds. The molecule has 0 radical (unpaired) electrons. The summed E-state index contributed by atoms with van der Waals surface area (Å²) in [7, 11) is 0. The number of ether oxygens (including phenoxy) is 5. The highest BCUT2D eigenvalue weighted by atomic mass is 16.5. The van der Waals surface area contributed by atoms with Crippen LogP contribution in [0.5, 0.6) is 0 Å². The summed E-state index contributed by atoms with van der Waals surface area (Å²) in [5, 5.41) is 0. The van der Waals surface area contributed by atoms with Crippen molar-refractivity contribution in [3.05, 3.63) is 0 Å². The molecule has 164 valence electrons. The van der Waals surface area contributed by atoms with E-state index >= 15 is 0 Å². The minimum atomic E-state index is 0.240. The summed E-state index contributed by atoms with van der Waals surface area (Å²) < 4.78 is 28.0. The summed E-state index contributed by atoms with van der Waals surface area (Å²) >= 11 is 0. The largest absolute Gasteiger partial charge is 0.381 e. The van der Waals surface area contributed by atoms with E-state index in [0.717, 1.165) is 91.8 Å². The minimum Gasteiger partial charge on any atom is -0.381 e. The van der Waals surface area contributed by atoms with E-state index in [1.54, 1.807) is 0 Å². The predicted molar refractivity (Wildman–Crippen MR) is 111 cm³/mol. The summed E-state index contributed by atoms with van der Waals surface area (Å²) in [4.78, 5) is 0. The zero-order valence-corrected chi connectivity index (χ0v) is 18.9. The molecule has 0 saturated carbocycles. The number of hydrogen-bond acceptors (Lipinski definition) is 5. The van der Waals surface area contributed by atoms with Gasteiger partial charge in [0.25, 0.3) is 0 Å². The summed E-state index contributed by atoms with van der Waals surface area (Å²) in [6.45, 7) is 20.8. The fourth-order valence-corrected chi connectivity index (χ4v) is 2.12. The monoisotopic (exact) mass is 390 g/mol. The molecule has 0 spiro atoms. The summed E-state index contributed by atoms with van der Waals surface area (Å²) in [6, 6.07) is 0. The van der Waals surface area contributed by atoms with Gasteiger partial charge in [-0.05, 0) is 36.5 Å². The van der Waals surface area contributed by atoms with Gasteiger partial charge in [-0.15, -0.1) is 0 Å². The Labute approximate surface area is 168 Å². The van der Waals surface area contributed by atoms with Crippen LogP contribution in [0.4, 0.5) is 0 Å². The van der Waals surface area contributed by atoms with Gasteiger partial charge in [0, 0.05) is 52.9 Å². The molecule has 0 aromatic rings. The maximum atomic E-state index is 5.61. The van der Waals surface area contributed by atoms with Crippen LogP contribution in [0, 0.1) is 10.8 Å². The third-order valence-electron chi connectivity index (χ3n) is 3.38. The Morgan fingerprint density at radius 3 is 0.815 bits per heavy atom. The average Bonchev–Trinajstić information content (AvgIpc) is 2.55. The van der Waals surface area contributed by atoms with Crippen molar-refractivity contribution in [2.24, 2.45) is 10.8 Å².